The standard InChI is InChI=1S/C10H13O5P/c1-6-7(2)9(15-3)5-4-8(6)10(11)16(12,13)14/h4-5H,1-3H3,(H2,12,13,14). The molecule has 16 heavy (non-hydrogen) atoms. The van der Waals surface area contributed by atoms with Crippen molar-refractivity contribution in [3.63, 3.8) is 0 Å². The summed E-state index contributed by atoms with van der Waals surface area (Å²) in [5.74, 6) is 0.583. The summed E-state index contributed by atoms with van der Waals surface area (Å²) in [6.07, 6.45) is 0. The van der Waals surface area contributed by atoms with Crippen molar-refractivity contribution in [3.05, 3.63) is 28.8 Å². The van der Waals surface area contributed by atoms with E-state index in [1.165, 1.54) is 19.2 Å². The predicted molar refractivity (Wildman–Crippen MR) is 58.8 cm³/mol. The summed E-state index contributed by atoms with van der Waals surface area (Å²) < 4.78 is 15.9. The Bertz CT molecular complexity index is 474. The highest BCUT2D eigenvalue weighted by Crippen LogP contribution is 2.40. The van der Waals surface area contributed by atoms with Crippen molar-refractivity contribution in [3.8, 4) is 5.75 Å². The van der Waals surface area contributed by atoms with Gasteiger partial charge in [0.25, 0.3) is 5.52 Å². The van der Waals surface area contributed by atoms with E-state index in [0.717, 1.165) is 0 Å². The Morgan fingerprint density at radius 1 is 1.25 bits per heavy atom. The normalized spacial score (nSPS) is 11.3. The average Bonchev–Trinajstić information content (AvgIpc) is 2.20. The van der Waals surface area contributed by atoms with Crippen molar-refractivity contribution >= 4 is 13.1 Å². The van der Waals surface area contributed by atoms with Gasteiger partial charge in [-0.05, 0) is 37.1 Å². The molecule has 0 heterocycles. The second kappa shape index (κ2) is 4.37. The zero-order chi connectivity index (χ0) is 12.5. The maximum atomic E-state index is 11.4. The molecule has 0 aromatic heterocycles. The molecule has 0 saturated carbocycles. The minimum absolute atomic E-state index is 0.0339. The Morgan fingerprint density at radius 3 is 2.25 bits per heavy atom. The molecule has 6 heteroatoms. The van der Waals surface area contributed by atoms with Crippen molar-refractivity contribution in [1.29, 1.82) is 0 Å². The third-order valence-electron chi connectivity index (χ3n) is 2.45. The molecular formula is C10H13O5P. The van der Waals surface area contributed by atoms with Crippen molar-refractivity contribution in [1.82, 2.24) is 0 Å². The number of rotatable bonds is 3. The van der Waals surface area contributed by atoms with Gasteiger partial charge in [-0.1, -0.05) is 0 Å². The predicted octanol–water partition coefficient (Wildman–Crippen LogP) is 1.63. The van der Waals surface area contributed by atoms with Crippen LogP contribution in [0.1, 0.15) is 21.5 Å². The van der Waals surface area contributed by atoms with Crippen LogP contribution in [0, 0.1) is 13.8 Å². The highest BCUT2D eigenvalue weighted by molar-refractivity contribution is 7.70. The molecule has 88 valence electrons. The van der Waals surface area contributed by atoms with Crippen LogP contribution in [0.25, 0.3) is 0 Å². The lowest BCUT2D eigenvalue weighted by atomic mass is 10.0. The minimum Gasteiger partial charge on any atom is -0.496 e. The number of benzene rings is 1. The monoisotopic (exact) mass is 244 g/mol. The molecule has 0 aliphatic heterocycles. The Morgan fingerprint density at radius 2 is 1.81 bits per heavy atom. The van der Waals surface area contributed by atoms with Crippen molar-refractivity contribution < 1.29 is 23.9 Å². The fourth-order valence-corrected chi connectivity index (χ4v) is 1.96. The van der Waals surface area contributed by atoms with E-state index in [-0.39, 0.29) is 5.56 Å². The first kappa shape index (κ1) is 12.9. The first-order valence-electron chi connectivity index (χ1n) is 4.53. The molecule has 1 aromatic rings. The number of ether oxygens (including phenoxy) is 1. The lowest BCUT2D eigenvalue weighted by molar-refractivity contribution is 0.104. The van der Waals surface area contributed by atoms with Gasteiger partial charge in [-0.2, -0.15) is 0 Å². The fraction of sp³-hybridized carbons (Fsp3) is 0.300. The van der Waals surface area contributed by atoms with Gasteiger partial charge in [0, 0.05) is 5.56 Å². The molecule has 0 fully saturated rings. The number of hydrogen-bond acceptors (Lipinski definition) is 3. The smallest absolute Gasteiger partial charge is 0.396 e. The van der Waals surface area contributed by atoms with E-state index in [4.69, 9.17) is 14.5 Å². The van der Waals surface area contributed by atoms with Gasteiger partial charge in [-0.15, -0.1) is 0 Å². The van der Waals surface area contributed by atoms with E-state index >= 15 is 0 Å². The van der Waals surface area contributed by atoms with E-state index < -0.39 is 13.1 Å². The lowest BCUT2D eigenvalue weighted by Gasteiger charge is -2.12. The van der Waals surface area contributed by atoms with Crippen LogP contribution in [-0.4, -0.2) is 22.4 Å². The van der Waals surface area contributed by atoms with Gasteiger partial charge < -0.3 is 14.5 Å². The van der Waals surface area contributed by atoms with Crippen LogP contribution in [0.2, 0.25) is 0 Å². The largest absolute Gasteiger partial charge is 0.496 e. The van der Waals surface area contributed by atoms with E-state index in [1.807, 2.05) is 0 Å². The number of methoxy groups -OCH3 is 1. The highest BCUT2D eigenvalue weighted by atomic mass is 31.2. The molecule has 0 spiro atoms. The van der Waals surface area contributed by atoms with Gasteiger partial charge >= 0.3 is 7.60 Å². The molecule has 0 bridgehead atoms. The summed E-state index contributed by atoms with van der Waals surface area (Å²) in [5, 5.41) is 0. The maximum Gasteiger partial charge on any atom is 0.396 e. The highest BCUT2D eigenvalue weighted by Gasteiger charge is 2.29. The lowest BCUT2D eigenvalue weighted by Crippen LogP contribution is -2.04. The molecule has 0 radical (unpaired) electrons. The molecule has 0 unspecified atom stereocenters. The summed E-state index contributed by atoms with van der Waals surface area (Å²) in [6.45, 7) is 3.35. The second-order valence-electron chi connectivity index (χ2n) is 3.41. The molecule has 1 aromatic carbocycles. The first-order chi connectivity index (χ1) is 7.29. The first-order valence-corrected chi connectivity index (χ1v) is 6.15. The Labute approximate surface area is 93.2 Å². The zero-order valence-corrected chi connectivity index (χ0v) is 10.1. The van der Waals surface area contributed by atoms with Crippen LogP contribution in [0.3, 0.4) is 0 Å². The SMILES string of the molecule is COc1ccc(C(=O)P(=O)(O)O)c(C)c1C. The molecule has 0 saturated heterocycles. The Kier molecular flexibility index (Phi) is 3.53. The van der Waals surface area contributed by atoms with E-state index in [2.05, 4.69) is 0 Å². The molecule has 0 atom stereocenters. The summed E-state index contributed by atoms with van der Waals surface area (Å²) in [5.41, 5.74) is 0.0943. The molecule has 0 aliphatic carbocycles. The molecule has 0 aliphatic rings. The van der Waals surface area contributed by atoms with Crippen LogP contribution in [0.15, 0.2) is 12.1 Å². The average molecular weight is 244 g/mol. The third kappa shape index (κ3) is 2.32. The van der Waals surface area contributed by atoms with E-state index in [1.54, 1.807) is 13.8 Å². The number of carbonyl (C=O) groups is 1. The third-order valence-corrected chi connectivity index (χ3v) is 3.22. The van der Waals surface area contributed by atoms with Gasteiger partial charge in [0.1, 0.15) is 5.75 Å². The Balaban J connectivity index is 3.34. The summed E-state index contributed by atoms with van der Waals surface area (Å²) in [6, 6.07) is 2.88. The van der Waals surface area contributed by atoms with Crippen LogP contribution >= 0.6 is 7.60 Å². The molecule has 1 rings (SSSR count). The second-order valence-corrected chi connectivity index (χ2v) is 4.91. The maximum absolute atomic E-state index is 11.4. The summed E-state index contributed by atoms with van der Waals surface area (Å²) in [7, 11) is -3.24. The van der Waals surface area contributed by atoms with Gasteiger partial charge in [0.15, 0.2) is 0 Å². The van der Waals surface area contributed by atoms with Gasteiger partial charge in [0.2, 0.25) is 0 Å². The van der Waals surface area contributed by atoms with Crippen molar-refractivity contribution in [2.75, 3.05) is 7.11 Å². The molecule has 0 amide bonds. The summed E-state index contributed by atoms with van der Waals surface area (Å²) in [4.78, 5) is 29.1. The van der Waals surface area contributed by atoms with Crippen LogP contribution in [0.5, 0.6) is 5.75 Å². The van der Waals surface area contributed by atoms with Crippen LogP contribution in [-0.2, 0) is 4.57 Å². The van der Waals surface area contributed by atoms with E-state index in [9.17, 15) is 9.36 Å². The number of hydrogen-bond donors (Lipinski definition) is 2. The zero-order valence-electron chi connectivity index (χ0n) is 9.22. The molecule has 2 N–H and O–H groups in total. The molecular weight excluding hydrogens is 231 g/mol. The van der Waals surface area contributed by atoms with Gasteiger partial charge in [-0.3, -0.25) is 9.36 Å². The van der Waals surface area contributed by atoms with Crippen molar-refractivity contribution in [2.24, 2.45) is 0 Å². The number of carbonyl (C=O) groups excluding carboxylic acids is 1. The van der Waals surface area contributed by atoms with Gasteiger partial charge in [0.05, 0.1) is 7.11 Å². The van der Waals surface area contributed by atoms with Crippen LogP contribution < -0.4 is 4.74 Å². The fourth-order valence-electron chi connectivity index (χ4n) is 1.41. The van der Waals surface area contributed by atoms with E-state index in [0.29, 0.717) is 16.9 Å². The molecule has 5 nitrogen and oxygen atoms in total. The van der Waals surface area contributed by atoms with Gasteiger partial charge in [-0.25, -0.2) is 0 Å². The minimum atomic E-state index is -4.73. The van der Waals surface area contributed by atoms with Crippen LogP contribution in [0.4, 0.5) is 0 Å². The van der Waals surface area contributed by atoms with Crippen molar-refractivity contribution in [2.45, 2.75) is 13.8 Å². The quantitative estimate of drug-likeness (QED) is 0.789. The Hall–Kier alpha value is -1.16. The summed E-state index contributed by atoms with van der Waals surface area (Å²) >= 11 is 0. The topological polar surface area (TPSA) is 83.8 Å².